The normalized spacial score (nSPS) is 10.1. The molecule has 0 amide bonds. The van der Waals surface area contributed by atoms with Crippen LogP contribution in [0.25, 0.3) is 0 Å². The average Bonchev–Trinajstić information content (AvgIpc) is 2.52. The fraction of sp³-hybridized carbons (Fsp3) is 0.235. The lowest BCUT2D eigenvalue weighted by atomic mass is 10.2. The van der Waals surface area contributed by atoms with Gasteiger partial charge in [0.25, 0.3) is 0 Å². The van der Waals surface area contributed by atoms with Crippen LogP contribution in [0.2, 0.25) is 0 Å². The lowest BCUT2D eigenvalue weighted by molar-refractivity contribution is 0.105. The molecule has 4 heteroatoms. The van der Waals surface area contributed by atoms with Crippen LogP contribution in [-0.2, 0) is 11.3 Å². The Labute approximate surface area is 123 Å². The van der Waals surface area contributed by atoms with Gasteiger partial charge in [0.15, 0.2) is 0 Å². The molecule has 2 aromatic carbocycles. The molecule has 0 bridgehead atoms. The minimum Gasteiger partial charge on any atom is -0.493 e. The molecule has 0 saturated carbocycles. The van der Waals surface area contributed by atoms with Crippen LogP contribution < -0.4 is 4.74 Å². The summed E-state index contributed by atoms with van der Waals surface area (Å²) in [5.41, 5.74) is 1.13. The highest BCUT2D eigenvalue weighted by Gasteiger charge is 2.00. The number of rotatable bonds is 7. The molecule has 0 N–H and O–H groups in total. The molecule has 108 valence electrons. The van der Waals surface area contributed by atoms with Gasteiger partial charge in [0, 0.05) is 12.0 Å². The molecule has 2 rings (SSSR count). The van der Waals surface area contributed by atoms with E-state index < -0.39 is 0 Å². The summed E-state index contributed by atoms with van der Waals surface area (Å²) in [6.07, 6.45) is 0.700. The van der Waals surface area contributed by atoms with E-state index in [9.17, 15) is 4.39 Å². The maximum absolute atomic E-state index is 13.3. The fourth-order valence-corrected chi connectivity index (χ4v) is 1.80. The number of ether oxygens (including phenoxy) is 2. The molecule has 0 spiro atoms. The highest BCUT2D eigenvalue weighted by atomic mass is 19.1. The number of hydrogen-bond acceptors (Lipinski definition) is 3. The summed E-state index contributed by atoms with van der Waals surface area (Å²) in [5.74, 6) is 0.422. The summed E-state index contributed by atoms with van der Waals surface area (Å²) >= 11 is 0. The first-order valence-corrected chi connectivity index (χ1v) is 6.74. The summed E-state index contributed by atoms with van der Waals surface area (Å²) in [6.45, 7) is 1.25. The molecule has 0 radical (unpaired) electrons. The van der Waals surface area contributed by atoms with Crippen molar-refractivity contribution in [2.45, 2.75) is 13.0 Å². The topological polar surface area (TPSA) is 42.2 Å². The molecule has 0 saturated heterocycles. The lowest BCUT2D eigenvalue weighted by Gasteiger charge is -2.07. The number of halogens is 1. The van der Waals surface area contributed by atoms with Gasteiger partial charge in [-0.15, -0.1) is 0 Å². The molecule has 0 fully saturated rings. The molecule has 3 nitrogen and oxygen atoms in total. The quantitative estimate of drug-likeness (QED) is 0.729. The van der Waals surface area contributed by atoms with Crippen molar-refractivity contribution in [2.24, 2.45) is 0 Å². The Hall–Kier alpha value is -2.38. The van der Waals surface area contributed by atoms with Crippen molar-refractivity contribution in [3.8, 4) is 11.8 Å². The van der Waals surface area contributed by atoms with E-state index in [0.717, 1.165) is 0 Å². The van der Waals surface area contributed by atoms with Crippen molar-refractivity contribution >= 4 is 0 Å². The van der Waals surface area contributed by atoms with Crippen molar-refractivity contribution in [1.29, 1.82) is 5.26 Å². The van der Waals surface area contributed by atoms with Crippen molar-refractivity contribution in [1.82, 2.24) is 0 Å². The van der Waals surface area contributed by atoms with Crippen LogP contribution in [0.4, 0.5) is 4.39 Å². The Bertz CT molecular complexity index is 622. The van der Waals surface area contributed by atoms with Gasteiger partial charge in [-0.3, -0.25) is 0 Å². The average molecular weight is 285 g/mol. The number of nitriles is 1. The third kappa shape index (κ3) is 4.90. The van der Waals surface area contributed by atoms with Gasteiger partial charge in [-0.25, -0.2) is 4.39 Å². The molecule has 0 heterocycles. The molecule has 2 aromatic rings. The smallest absolute Gasteiger partial charge is 0.128 e. The zero-order valence-electron chi connectivity index (χ0n) is 11.6. The predicted octanol–water partition coefficient (Wildman–Crippen LogP) is 3.68. The predicted molar refractivity (Wildman–Crippen MR) is 77.3 cm³/mol. The molecule has 0 aliphatic rings. The molecule has 0 unspecified atom stereocenters. The van der Waals surface area contributed by atoms with Gasteiger partial charge < -0.3 is 9.47 Å². The van der Waals surface area contributed by atoms with Crippen LogP contribution in [0, 0.1) is 17.1 Å². The summed E-state index contributed by atoms with van der Waals surface area (Å²) in [4.78, 5) is 0. The van der Waals surface area contributed by atoms with E-state index in [4.69, 9.17) is 14.7 Å². The van der Waals surface area contributed by atoms with E-state index in [-0.39, 0.29) is 12.4 Å². The SMILES string of the molecule is N#Cc1cccc(OCCCOCc2ccccc2F)c1. The summed E-state index contributed by atoms with van der Waals surface area (Å²) in [5, 5.41) is 8.78. The molecule has 21 heavy (non-hydrogen) atoms. The van der Waals surface area contributed by atoms with Gasteiger partial charge in [-0.1, -0.05) is 24.3 Å². The minimum absolute atomic E-state index is 0.248. The van der Waals surface area contributed by atoms with E-state index in [1.807, 2.05) is 0 Å². The molecule has 0 atom stereocenters. The van der Waals surface area contributed by atoms with E-state index in [0.29, 0.717) is 36.5 Å². The van der Waals surface area contributed by atoms with E-state index in [1.165, 1.54) is 6.07 Å². The number of hydrogen-bond donors (Lipinski definition) is 0. The van der Waals surface area contributed by atoms with Crippen molar-refractivity contribution in [3.63, 3.8) is 0 Å². The standard InChI is InChI=1S/C17H16FNO2/c18-17-8-2-1-6-15(17)13-20-9-4-10-21-16-7-3-5-14(11-16)12-19/h1-3,5-8,11H,4,9-10,13H2. The van der Waals surface area contributed by atoms with E-state index in [1.54, 1.807) is 42.5 Å². The summed E-state index contributed by atoms with van der Waals surface area (Å²) in [6, 6.07) is 15.6. The maximum atomic E-state index is 13.3. The first-order chi connectivity index (χ1) is 10.3. The van der Waals surface area contributed by atoms with Crippen LogP contribution in [0.5, 0.6) is 5.75 Å². The van der Waals surface area contributed by atoms with Gasteiger partial charge in [0.05, 0.1) is 31.5 Å². The maximum Gasteiger partial charge on any atom is 0.128 e. The van der Waals surface area contributed by atoms with Gasteiger partial charge in [-0.2, -0.15) is 5.26 Å². The molecular weight excluding hydrogens is 269 g/mol. The first kappa shape index (κ1) is 15.0. The van der Waals surface area contributed by atoms with Gasteiger partial charge in [0.1, 0.15) is 11.6 Å². The van der Waals surface area contributed by atoms with Gasteiger partial charge >= 0.3 is 0 Å². The zero-order valence-corrected chi connectivity index (χ0v) is 11.6. The first-order valence-electron chi connectivity index (χ1n) is 6.74. The van der Waals surface area contributed by atoms with Crippen LogP contribution in [-0.4, -0.2) is 13.2 Å². The van der Waals surface area contributed by atoms with Gasteiger partial charge in [0.2, 0.25) is 0 Å². The van der Waals surface area contributed by atoms with Crippen LogP contribution in [0.3, 0.4) is 0 Å². The van der Waals surface area contributed by atoms with Crippen molar-refractivity contribution < 1.29 is 13.9 Å². The van der Waals surface area contributed by atoms with Crippen molar-refractivity contribution in [2.75, 3.05) is 13.2 Å². The van der Waals surface area contributed by atoms with E-state index >= 15 is 0 Å². The zero-order chi connectivity index (χ0) is 14.9. The summed E-state index contributed by atoms with van der Waals surface area (Å²) in [7, 11) is 0. The molecule has 0 aliphatic heterocycles. The van der Waals surface area contributed by atoms with Crippen LogP contribution in [0.15, 0.2) is 48.5 Å². The third-order valence-corrected chi connectivity index (χ3v) is 2.88. The monoisotopic (exact) mass is 285 g/mol. The Morgan fingerprint density at radius 2 is 1.90 bits per heavy atom. The molecular formula is C17H16FNO2. The van der Waals surface area contributed by atoms with E-state index in [2.05, 4.69) is 6.07 Å². The Kier molecular flexibility index (Phi) is 5.74. The number of nitrogens with zero attached hydrogens (tertiary/aromatic N) is 1. The third-order valence-electron chi connectivity index (χ3n) is 2.88. The second-order valence-corrected chi connectivity index (χ2v) is 4.49. The largest absolute Gasteiger partial charge is 0.493 e. The Morgan fingerprint density at radius 3 is 2.71 bits per heavy atom. The van der Waals surface area contributed by atoms with Gasteiger partial charge in [-0.05, 0) is 24.3 Å². The lowest BCUT2D eigenvalue weighted by Crippen LogP contribution is -2.04. The van der Waals surface area contributed by atoms with Crippen molar-refractivity contribution in [3.05, 3.63) is 65.5 Å². The highest BCUT2D eigenvalue weighted by Crippen LogP contribution is 2.13. The number of benzene rings is 2. The van der Waals surface area contributed by atoms with Crippen LogP contribution >= 0.6 is 0 Å². The molecule has 0 aliphatic carbocycles. The molecule has 0 aromatic heterocycles. The second kappa shape index (κ2) is 8.03. The minimum atomic E-state index is -0.248. The second-order valence-electron chi connectivity index (χ2n) is 4.49. The Morgan fingerprint density at radius 1 is 1.05 bits per heavy atom. The summed E-state index contributed by atoms with van der Waals surface area (Å²) < 4.78 is 24.3. The van der Waals surface area contributed by atoms with Crippen LogP contribution in [0.1, 0.15) is 17.5 Å². The fourth-order valence-electron chi connectivity index (χ4n) is 1.80. The highest BCUT2D eigenvalue weighted by molar-refractivity contribution is 5.36. The Balaban J connectivity index is 1.64.